The molecule has 0 saturated carbocycles. The molecule has 2 amide bonds. The van der Waals surface area contributed by atoms with Crippen LogP contribution in [0.15, 0.2) is 17.3 Å². The van der Waals surface area contributed by atoms with Crippen LogP contribution in [0.1, 0.15) is 6.42 Å². The maximum absolute atomic E-state index is 12.3. The number of sulfonamides is 1. The zero-order chi connectivity index (χ0) is 15.6. The second-order valence-corrected chi connectivity index (χ2v) is 6.27. The Balaban J connectivity index is 2.17. The van der Waals surface area contributed by atoms with Gasteiger partial charge in [-0.25, -0.2) is 8.42 Å². The first kappa shape index (κ1) is 15.1. The molecule has 1 aromatic heterocycles. The average Bonchev–Trinajstić information content (AvgIpc) is 2.84. The molecule has 114 valence electrons. The smallest absolute Gasteiger partial charge is 0.305 e. The Morgan fingerprint density at radius 2 is 1.95 bits per heavy atom. The first-order chi connectivity index (χ1) is 9.79. The van der Waals surface area contributed by atoms with Crippen LogP contribution in [0, 0.1) is 0 Å². The number of piperazine rings is 1. The van der Waals surface area contributed by atoms with Gasteiger partial charge in [0.2, 0.25) is 21.8 Å². The van der Waals surface area contributed by atoms with E-state index < -0.39 is 40.9 Å². The summed E-state index contributed by atoms with van der Waals surface area (Å²) in [7, 11) is -4.02. The number of amides is 2. The number of rotatable bonds is 5. The van der Waals surface area contributed by atoms with E-state index in [1.165, 1.54) is 4.68 Å². The molecule has 0 bridgehead atoms. The number of hydrogen-bond donors (Lipinski definition) is 2. The first-order valence-corrected chi connectivity index (χ1v) is 7.30. The van der Waals surface area contributed by atoms with Gasteiger partial charge in [-0.1, -0.05) is 0 Å². The fourth-order valence-corrected chi connectivity index (χ4v) is 3.05. The number of carbonyl (C=O) groups excluding carboxylic acids is 2. The highest BCUT2D eigenvalue weighted by Gasteiger charge is 2.33. The average molecular weight is 316 g/mol. The van der Waals surface area contributed by atoms with Crippen LogP contribution in [0.5, 0.6) is 0 Å². The van der Waals surface area contributed by atoms with Crippen LogP contribution >= 0.6 is 0 Å². The number of carboxylic acid groups (broad SMARTS) is 1. The molecule has 1 fully saturated rings. The lowest BCUT2D eigenvalue weighted by Crippen LogP contribution is -2.53. The number of hydrogen-bond acceptors (Lipinski definition) is 6. The fraction of sp³-hybridized carbons (Fsp3) is 0.400. The van der Waals surface area contributed by atoms with E-state index in [2.05, 4.69) is 5.10 Å². The third-order valence-electron chi connectivity index (χ3n) is 2.72. The number of nitrogens with zero attached hydrogens (tertiary/aromatic N) is 3. The summed E-state index contributed by atoms with van der Waals surface area (Å²) in [6.45, 7) is -0.882. The van der Waals surface area contributed by atoms with Gasteiger partial charge in [0.25, 0.3) is 0 Å². The Bertz CT molecular complexity index is 678. The van der Waals surface area contributed by atoms with Crippen LogP contribution in [0.3, 0.4) is 0 Å². The molecule has 0 unspecified atom stereocenters. The van der Waals surface area contributed by atoms with Crippen molar-refractivity contribution >= 4 is 27.8 Å². The molecular weight excluding hydrogens is 304 g/mol. The molecule has 1 aromatic rings. The van der Waals surface area contributed by atoms with Gasteiger partial charge in [0.15, 0.2) is 0 Å². The van der Waals surface area contributed by atoms with Gasteiger partial charge >= 0.3 is 5.97 Å². The van der Waals surface area contributed by atoms with Crippen molar-refractivity contribution in [2.45, 2.75) is 17.9 Å². The van der Waals surface area contributed by atoms with E-state index in [1.807, 2.05) is 5.32 Å². The van der Waals surface area contributed by atoms with E-state index in [9.17, 15) is 22.8 Å². The molecule has 0 aromatic carbocycles. The molecule has 2 heterocycles. The largest absolute Gasteiger partial charge is 0.481 e. The van der Waals surface area contributed by atoms with Crippen LogP contribution in [0.25, 0.3) is 0 Å². The highest BCUT2D eigenvalue weighted by molar-refractivity contribution is 7.89. The minimum absolute atomic E-state index is 0.0181. The molecule has 0 atom stereocenters. The number of aryl methyl sites for hydroxylation is 1. The number of carboxylic acids is 1. The molecule has 0 radical (unpaired) electrons. The molecule has 1 saturated heterocycles. The molecule has 11 heteroatoms. The SMILES string of the molecule is O=C(O)CCn1cc(S(=O)(=O)N2CC(=O)NC(=O)C2)cn1. The van der Waals surface area contributed by atoms with Crippen molar-refractivity contribution in [2.75, 3.05) is 13.1 Å². The minimum atomic E-state index is -4.02. The topological polar surface area (TPSA) is 139 Å². The van der Waals surface area contributed by atoms with Crippen molar-refractivity contribution < 1.29 is 27.9 Å². The summed E-state index contributed by atoms with van der Waals surface area (Å²) in [4.78, 5) is 32.7. The Kier molecular flexibility index (Phi) is 4.04. The second kappa shape index (κ2) is 5.61. The van der Waals surface area contributed by atoms with Crippen LogP contribution in [-0.4, -0.2) is 58.5 Å². The van der Waals surface area contributed by atoms with Gasteiger partial charge < -0.3 is 5.11 Å². The molecular formula is C10H12N4O6S. The van der Waals surface area contributed by atoms with Gasteiger partial charge in [-0.05, 0) is 0 Å². The molecule has 1 aliphatic heterocycles. The van der Waals surface area contributed by atoms with Crippen LogP contribution in [-0.2, 0) is 31.0 Å². The van der Waals surface area contributed by atoms with Crippen LogP contribution < -0.4 is 5.32 Å². The molecule has 2 N–H and O–H groups in total. The van der Waals surface area contributed by atoms with Gasteiger partial charge in [-0.2, -0.15) is 9.40 Å². The summed E-state index contributed by atoms with van der Waals surface area (Å²) in [6.07, 6.45) is 2.01. The monoisotopic (exact) mass is 316 g/mol. The van der Waals surface area contributed by atoms with Gasteiger partial charge in [0.1, 0.15) is 4.90 Å². The maximum Gasteiger partial charge on any atom is 0.305 e. The Labute approximate surface area is 119 Å². The number of carbonyl (C=O) groups is 3. The summed E-state index contributed by atoms with van der Waals surface area (Å²) in [5, 5.41) is 14.3. The predicted octanol–water partition coefficient (Wildman–Crippen LogP) is -2.00. The van der Waals surface area contributed by atoms with Gasteiger partial charge in [0.05, 0.1) is 32.3 Å². The molecule has 21 heavy (non-hydrogen) atoms. The van der Waals surface area contributed by atoms with Crippen molar-refractivity contribution in [1.29, 1.82) is 0 Å². The third-order valence-corrected chi connectivity index (χ3v) is 4.47. The molecule has 10 nitrogen and oxygen atoms in total. The summed E-state index contributed by atoms with van der Waals surface area (Å²) in [5.74, 6) is -2.44. The van der Waals surface area contributed by atoms with E-state index >= 15 is 0 Å². The zero-order valence-electron chi connectivity index (χ0n) is 10.7. The quantitative estimate of drug-likeness (QED) is 0.599. The highest BCUT2D eigenvalue weighted by atomic mass is 32.2. The lowest BCUT2D eigenvalue weighted by molar-refractivity contribution is -0.137. The third kappa shape index (κ3) is 3.44. The van der Waals surface area contributed by atoms with Crippen LogP contribution in [0.4, 0.5) is 0 Å². The van der Waals surface area contributed by atoms with E-state index in [1.54, 1.807) is 0 Å². The Morgan fingerprint density at radius 1 is 1.33 bits per heavy atom. The predicted molar refractivity (Wildman–Crippen MR) is 66.4 cm³/mol. The zero-order valence-corrected chi connectivity index (χ0v) is 11.5. The molecule has 0 aliphatic carbocycles. The van der Waals surface area contributed by atoms with Crippen LogP contribution in [0.2, 0.25) is 0 Å². The number of nitrogens with one attached hydrogen (secondary N) is 1. The van der Waals surface area contributed by atoms with Crippen molar-refractivity contribution in [1.82, 2.24) is 19.4 Å². The molecule has 2 rings (SSSR count). The van der Waals surface area contributed by atoms with Gasteiger partial charge in [-0.3, -0.25) is 24.4 Å². The molecule has 1 aliphatic rings. The summed E-state index contributed by atoms with van der Waals surface area (Å²) < 4.78 is 26.4. The summed E-state index contributed by atoms with van der Waals surface area (Å²) in [6, 6.07) is 0. The Morgan fingerprint density at radius 3 is 2.52 bits per heavy atom. The first-order valence-electron chi connectivity index (χ1n) is 5.86. The molecule has 0 spiro atoms. The van der Waals surface area contributed by atoms with Crippen molar-refractivity contribution in [3.05, 3.63) is 12.4 Å². The van der Waals surface area contributed by atoms with E-state index in [-0.39, 0.29) is 17.9 Å². The van der Waals surface area contributed by atoms with E-state index in [4.69, 9.17) is 5.11 Å². The van der Waals surface area contributed by atoms with E-state index in [0.717, 1.165) is 16.7 Å². The fourth-order valence-electron chi connectivity index (χ4n) is 1.74. The van der Waals surface area contributed by atoms with E-state index in [0.29, 0.717) is 0 Å². The summed E-state index contributed by atoms with van der Waals surface area (Å²) >= 11 is 0. The highest BCUT2D eigenvalue weighted by Crippen LogP contribution is 2.15. The minimum Gasteiger partial charge on any atom is -0.481 e. The maximum atomic E-state index is 12.3. The Hall–Kier alpha value is -2.27. The number of imide groups is 1. The number of aromatic nitrogens is 2. The summed E-state index contributed by atoms with van der Waals surface area (Å²) in [5.41, 5.74) is 0. The van der Waals surface area contributed by atoms with Gasteiger partial charge in [0, 0.05) is 6.20 Å². The normalized spacial score (nSPS) is 16.8. The van der Waals surface area contributed by atoms with Crippen molar-refractivity contribution in [3.8, 4) is 0 Å². The van der Waals surface area contributed by atoms with Crippen molar-refractivity contribution in [3.63, 3.8) is 0 Å². The second-order valence-electron chi connectivity index (χ2n) is 4.33. The standard InChI is InChI=1S/C10H12N4O6S/c15-8-5-14(6-9(16)12-8)21(19,20)7-3-11-13(4-7)2-1-10(17)18/h3-4H,1-2,5-6H2,(H,17,18)(H,12,15,16). The lowest BCUT2D eigenvalue weighted by Gasteiger charge is -2.23. The lowest BCUT2D eigenvalue weighted by atomic mass is 10.4. The van der Waals surface area contributed by atoms with Crippen molar-refractivity contribution in [2.24, 2.45) is 0 Å². The number of aliphatic carboxylic acids is 1. The van der Waals surface area contributed by atoms with Gasteiger partial charge in [-0.15, -0.1) is 0 Å².